The fraction of sp³-hybridized carbons (Fsp3) is 0.308. The van der Waals surface area contributed by atoms with E-state index in [0.29, 0.717) is 18.7 Å². The molecule has 1 unspecified atom stereocenters. The van der Waals surface area contributed by atoms with Gasteiger partial charge in [0.05, 0.1) is 30.6 Å². The molecular formula is C13H12N2O2S. The average molecular weight is 260 g/mol. The standard InChI is InChI=1S/C13H12N2O2S/c16-12(11-8-14-18-15-11)7-13-10-4-2-1-3-9(10)5-6-17-13/h1-4,8,13H,5-7H2. The van der Waals surface area contributed by atoms with Gasteiger partial charge in [0, 0.05) is 6.42 Å². The smallest absolute Gasteiger partial charge is 0.186 e. The molecular weight excluding hydrogens is 248 g/mol. The number of hydrogen-bond donors (Lipinski definition) is 0. The number of ketones is 1. The topological polar surface area (TPSA) is 52.1 Å². The predicted molar refractivity (Wildman–Crippen MR) is 67.7 cm³/mol. The number of nitrogens with zero attached hydrogens (tertiary/aromatic N) is 2. The molecule has 2 aromatic rings. The number of carbonyl (C=O) groups excluding carboxylic acids is 1. The van der Waals surface area contributed by atoms with Crippen LogP contribution in [0.1, 0.15) is 34.1 Å². The summed E-state index contributed by atoms with van der Waals surface area (Å²) in [6.07, 6.45) is 2.62. The highest BCUT2D eigenvalue weighted by Gasteiger charge is 2.24. The zero-order chi connectivity index (χ0) is 12.4. The normalized spacial score (nSPS) is 18.3. The Bertz CT molecular complexity index is 554. The first-order chi connectivity index (χ1) is 8.84. The zero-order valence-electron chi connectivity index (χ0n) is 9.70. The molecule has 0 saturated carbocycles. The largest absolute Gasteiger partial charge is 0.373 e. The van der Waals surface area contributed by atoms with Crippen LogP contribution < -0.4 is 0 Å². The van der Waals surface area contributed by atoms with Crippen LogP contribution in [0.5, 0.6) is 0 Å². The molecule has 0 amide bonds. The highest BCUT2D eigenvalue weighted by Crippen LogP contribution is 2.30. The SMILES string of the molecule is O=C(CC1OCCc2ccccc21)c1cnsn1. The number of fused-ring (bicyclic) bond motifs is 1. The third-order valence-corrected chi connectivity index (χ3v) is 3.59. The third kappa shape index (κ3) is 2.19. The lowest BCUT2D eigenvalue weighted by Crippen LogP contribution is -2.19. The summed E-state index contributed by atoms with van der Waals surface area (Å²) in [4.78, 5) is 12.0. The molecule has 2 heterocycles. The Labute approximate surface area is 109 Å². The molecule has 3 rings (SSSR count). The molecule has 1 atom stereocenters. The fourth-order valence-corrected chi connectivity index (χ4v) is 2.64. The zero-order valence-corrected chi connectivity index (χ0v) is 10.5. The van der Waals surface area contributed by atoms with E-state index in [9.17, 15) is 4.79 Å². The van der Waals surface area contributed by atoms with Crippen molar-refractivity contribution in [3.63, 3.8) is 0 Å². The molecule has 0 fully saturated rings. The second kappa shape index (κ2) is 4.96. The average Bonchev–Trinajstić information content (AvgIpc) is 2.93. The Balaban J connectivity index is 1.80. The first-order valence-corrected chi connectivity index (χ1v) is 6.58. The van der Waals surface area contributed by atoms with E-state index in [1.807, 2.05) is 18.2 Å². The molecule has 0 spiro atoms. The van der Waals surface area contributed by atoms with E-state index in [-0.39, 0.29) is 11.9 Å². The number of rotatable bonds is 3. The Kier molecular flexibility index (Phi) is 3.17. The van der Waals surface area contributed by atoms with Gasteiger partial charge in [-0.15, -0.1) is 0 Å². The molecule has 1 aromatic carbocycles. The second-order valence-electron chi connectivity index (χ2n) is 4.23. The van der Waals surface area contributed by atoms with E-state index in [2.05, 4.69) is 14.8 Å². The maximum atomic E-state index is 12.0. The van der Waals surface area contributed by atoms with E-state index in [0.717, 1.165) is 23.7 Å². The lowest BCUT2D eigenvalue weighted by atomic mass is 9.94. The molecule has 0 radical (unpaired) electrons. The van der Waals surface area contributed by atoms with Crippen molar-refractivity contribution in [3.05, 3.63) is 47.3 Å². The minimum absolute atomic E-state index is 0.00884. The summed E-state index contributed by atoms with van der Waals surface area (Å²) >= 11 is 1.05. The second-order valence-corrected chi connectivity index (χ2v) is 4.78. The van der Waals surface area contributed by atoms with E-state index >= 15 is 0 Å². The van der Waals surface area contributed by atoms with Crippen molar-refractivity contribution in [2.75, 3.05) is 6.61 Å². The van der Waals surface area contributed by atoms with Crippen molar-refractivity contribution in [1.82, 2.24) is 8.75 Å². The Morgan fingerprint density at radius 2 is 2.33 bits per heavy atom. The summed E-state index contributed by atoms with van der Waals surface area (Å²) in [6.45, 7) is 0.671. The van der Waals surface area contributed by atoms with Gasteiger partial charge in [-0.3, -0.25) is 4.79 Å². The lowest BCUT2D eigenvalue weighted by molar-refractivity contribution is 0.0350. The fourth-order valence-electron chi connectivity index (χ4n) is 2.21. The van der Waals surface area contributed by atoms with Gasteiger partial charge < -0.3 is 4.74 Å². The van der Waals surface area contributed by atoms with Crippen LogP contribution >= 0.6 is 11.7 Å². The summed E-state index contributed by atoms with van der Waals surface area (Å²) in [6, 6.07) is 8.13. The van der Waals surface area contributed by atoms with E-state index in [4.69, 9.17) is 4.74 Å². The summed E-state index contributed by atoms with van der Waals surface area (Å²) in [7, 11) is 0. The number of Topliss-reactive ketones (excluding diaryl/α,β-unsaturated/α-hetero) is 1. The van der Waals surface area contributed by atoms with Crippen LogP contribution in [0.3, 0.4) is 0 Å². The van der Waals surface area contributed by atoms with E-state index < -0.39 is 0 Å². The van der Waals surface area contributed by atoms with Gasteiger partial charge in [0.15, 0.2) is 5.78 Å². The molecule has 1 aliphatic rings. The maximum Gasteiger partial charge on any atom is 0.186 e. The molecule has 0 aliphatic carbocycles. The molecule has 18 heavy (non-hydrogen) atoms. The van der Waals surface area contributed by atoms with Gasteiger partial charge in [-0.2, -0.15) is 8.75 Å². The quantitative estimate of drug-likeness (QED) is 0.795. The minimum Gasteiger partial charge on any atom is -0.373 e. The third-order valence-electron chi connectivity index (χ3n) is 3.11. The van der Waals surface area contributed by atoms with Gasteiger partial charge in [0.2, 0.25) is 0 Å². The molecule has 1 aliphatic heterocycles. The van der Waals surface area contributed by atoms with Crippen molar-refractivity contribution < 1.29 is 9.53 Å². The summed E-state index contributed by atoms with van der Waals surface area (Å²) in [5, 5.41) is 0. The Hall–Kier alpha value is -1.59. The van der Waals surface area contributed by atoms with Gasteiger partial charge >= 0.3 is 0 Å². The van der Waals surface area contributed by atoms with Crippen molar-refractivity contribution in [2.24, 2.45) is 0 Å². The molecule has 0 bridgehead atoms. The van der Waals surface area contributed by atoms with Crippen LogP contribution in [0.2, 0.25) is 0 Å². The van der Waals surface area contributed by atoms with Crippen LogP contribution in [-0.2, 0) is 11.2 Å². The highest BCUT2D eigenvalue weighted by atomic mass is 32.1. The first kappa shape index (κ1) is 11.5. The molecule has 5 heteroatoms. The Morgan fingerprint density at radius 3 is 3.17 bits per heavy atom. The number of carbonyl (C=O) groups is 1. The molecule has 0 N–H and O–H groups in total. The van der Waals surface area contributed by atoms with Gasteiger partial charge in [0.25, 0.3) is 0 Å². The minimum atomic E-state index is -0.149. The van der Waals surface area contributed by atoms with Gasteiger partial charge in [-0.1, -0.05) is 24.3 Å². The predicted octanol–water partition coefficient (Wildman–Crippen LogP) is 2.42. The number of aromatic nitrogens is 2. The number of benzene rings is 1. The van der Waals surface area contributed by atoms with E-state index in [1.165, 1.54) is 11.8 Å². The van der Waals surface area contributed by atoms with E-state index in [1.54, 1.807) is 0 Å². The molecule has 92 valence electrons. The van der Waals surface area contributed by atoms with Crippen LogP contribution in [0, 0.1) is 0 Å². The molecule has 1 aromatic heterocycles. The van der Waals surface area contributed by atoms with Crippen molar-refractivity contribution in [2.45, 2.75) is 18.9 Å². The van der Waals surface area contributed by atoms with Crippen LogP contribution in [-0.4, -0.2) is 21.1 Å². The maximum absolute atomic E-state index is 12.0. The first-order valence-electron chi connectivity index (χ1n) is 5.85. The highest BCUT2D eigenvalue weighted by molar-refractivity contribution is 6.99. The van der Waals surface area contributed by atoms with Crippen LogP contribution in [0.4, 0.5) is 0 Å². The van der Waals surface area contributed by atoms with Crippen LogP contribution in [0.25, 0.3) is 0 Å². The summed E-state index contributed by atoms with van der Waals surface area (Å²) < 4.78 is 13.5. The number of hydrogen-bond acceptors (Lipinski definition) is 5. The van der Waals surface area contributed by atoms with Crippen molar-refractivity contribution in [3.8, 4) is 0 Å². The van der Waals surface area contributed by atoms with Gasteiger partial charge in [0.1, 0.15) is 5.69 Å². The monoisotopic (exact) mass is 260 g/mol. The van der Waals surface area contributed by atoms with Crippen molar-refractivity contribution >= 4 is 17.5 Å². The molecule has 4 nitrogen and oxygen atoms in total. The van der Waals surface area contributed by atoms with Gasteiger partial charge in [-0.05, 0) is 17.5 Å². The Morgan fingerprint density at radius 1 is 1.44 bits per heavy atom. The van der Waals surface area contributed by atoms with Gasteiger partial charge in [-0.25, -0.2) is 0 Å². The lowest BCUT2D eigenvalue weighted by Gasteiger charge is -2.25. The summed E-state index contributed by atoms with van der Waals surface area (Å²) in [5.74, 6) is -0.00884. The molecule has 0 saturated heterocycles. The van der Waals surface area contributed by atoms with Crippen molar-refractivity contribution in [1.29, 1.82) is 0 Å². The number of ether oxygens (including phenoxy) is 1. The van der Waals surface area contributed by atoms with Crippen LogP contribution in [0.15, 0.2) is 30.5 Å². The summed E-state index contributed by atoms with van der Waals surface area (Å²) in [5.41, 5.74) is 2.84.